The van der Waals surface area contributed by atoms with E-state index in [0.29, 0.717) is 18.8 Å². The third kappa shape index (κ3) is 3.75. The van der Waals surface area contributed by atoms with Gasteiger partial charge in [0.2, 0.25) is 11.9 Å². The van der Waals surface area contributed by atoms with Gasteiger partial charge in [0.15, 0.2) is 0 Å². The van der Waals surface area contributed by atoms with E-state index in [2.05, 4.69) is 32.4 Å². The Balaban J connectivity index is 1.39. The molecule has 3 N–H and O–H groups in total. The summed E-state index contributed by atoms with van der Waals surface area (Å²) in [6.07, 6.45) is 0.958. The van der Waals surface area contributed by atoms with E-state index >= 15 is 0 Å². The first kappa shape index (κ1) is 18.9. The number of rotatable bonds is 6. The molecule has 0 aliphatic heterocycles. The number of hydrogen-bond acceptors (Lipinski definition) is 3. The molecular formula is C25H22N4O2. The van der Waals surface area contributed by atoms with Gasteiger partial charge in [-0.2, -0.15) is 0 Å². The van der Waals surface area contributed by atoms with Gasteiger partial charge >= 0.3 is 0 Å². The Morgan fingerprint density at radius 2 is 1.68 bits per heavy atom. The fourth-order valence-electron chi connectivity index (χ4n) is 3.91. The second-order valence-electron chi connectivity index (χ2n) is 7.40. The molecule has 0 saturated carbocycles. The summed E-state index contributed by atoms with van der Waals surface area (Å²) in [5, 5.41) is 4.01. The zero-order valence-corrected chi connectivity index (χ0v) is 17.1. The highest BCUT2D eigenvalue weighted by Crippen LogP contribution is 2.32. The minimum absolute atomic E-state index is 0.0787. The maximum absolute atomic E-state index is 12.7. The van der Waals surface area contributed by atoms with Crippen molar-refractivity contribution in [2.45, 2.75) is 12.8 Å². The molecular weight excluding hydrogens is 388 g/mol. The minimum Gasteiger partial charge on any atom is -0.497 e. The van der Waals surface area contributed by atoms with Gasteiger partial charge in [-0.25, -0.2) is 4.98 Å². The van der Waals surface area contributed by atoms with Crippen LogP contribution in [-0.4, -0.2) is 28.0 Å². The number of H-pyrrole nitrogens is 2. The minimum atomic E-state index is -0.0787. The number of aromatic amines is 2. The van der Waals surface area contributed by atoms with Crippen LogP contribution >= 0.6 is 0 Å². The van der Waals surface area contributed by atoms with E-state index in [0.717, 1.165) is 44.5 Å². The van der Waals surface area contributed by atoms with Crippen molar-refractivity contribution in [2.75, 3.05) is 12.4 Å². The van der Waals surface area contributed by atoms with Crippen LogP contribution in [0.5, 0.6) is 5.75 Å². The Hall–Kier alpha value is -4.06. The molecule has 0 fully saturated rings. The number of aryl methyl sites for hydroxylation is 1. The van der Waals surface area contributed by atoms with Gasteiger partial charge in [-0.1, -0.05) is 30.3 Å². The van der Waals surface area contributed by atoms with Crippen LogP contribution in [0.15, 0.2) is 72.8 Å². The number of aromatic nitrogens is 3. The Bertz CT molecular complexity index is 1330. The third-order valence-electron chi connectivity index (χ3n) is 5.44. The highest BCUT2D eigenvalue weighted by molar-refractivity contribution is 5.94. The van der Waals surface area contributed by atoms with Gasteiger partial charge in [0.05, 0.1) is 18.1 Å². The monoisotopic (exact) mass is 410 g/mol. The van der Waals surface area contributed by atoms with E-state index in [-0.39, 0.29) is 5.91 Å². The number of hydrogen-bond donors (Lipinski definition) is 3. The van der Waals surface area contributed by atoms with E-state index in [1.54, 1.807) is 7.11 Å². The number of para-hydroxylation sites is 3. The second-order valence-corrected chi connectivity index (χ2v) is 7.40. The van der Waals surface area contributed by atoms with Gasteiger partial charge in [0.25, 0.3) is 0 Å². The number of nitrogens with one attached hydrogen (secondary N) is 3. The number of methoxy groups -OCH3 is 1. The summed E-state index contributed by atoms with van der Waals surface area (Å²) in [5.74, 6) is 1.21. The number of benzene rings is 3. The van der Waals surface area contributed by atoms with Crippen molar-refractivity contribution in [2.24, 2.45) is 0 Å². The van der Waals surface area contributed by atoms with E-state index in [1.807, 2.05) is 60.7 Å². The molecule has 0 unspecified atom stereocenters. The van der Waals surface area contributed by atoms with Gasteiger partial charge < -0.3 is 14.7 Å². The van der Waals surface area contributed by atoms with Crippen molar-refractivity contribution in [3.8, 4) is 17.0 Å². The summed E-state index contributed by atoms with van der Waals surface area (Å²) < 4.78 is 5.28. The van der Waals surface area contributed by atoms with Crippen molar-refractivity contribution >= 4 is 33.8 Å². The molecule has 1 amide bonds. The van der Waals surface area contributed by atoms with Crippen LogP contribution in [0.1, 0.15) is 12.0 Å². The van der Waals surface area contributed by atoms with Crippen LogP contribution in [0.4, 0.5) is 5.95 Å². The lowest BCUT2D eigenvalue weighted by Crippen LogP contribution is -2.13. The topological polar surface area (TPSA) is 82.8 Å². The number of fused-ring (bicyclic) bond motifs is 2. The molecule has 0 aliphatic rings. The Kier molecular flexibility index (Phi) is 4.88. The molecule has 0 spiro atoms. The maximum atomic E-state index is 12.7. The van der Waals surface area contributed by atoms with E-state index in [9.17, 15) is 4.79 Å². The van der Waals surface area contributed by atoms with Crippen LogP contribution in [0.25, 0.3) is 33.2 Å². The van der Waals surface area contributed by atoms with Crippen LogP contribution in [0.3, 0.4) is 0 Å². The van der Waals surface area contributed by atoms with Gasteiger partial charge in [0, 0.05) is 23.0 Å². The molecule has 0 bridgehead atoms. The first-order chi connectivity index (χ1) is 15.2. The molecule has 0 radical (unpaired) electrons. The van der Waals surface area contributed by atoms with Crippen LogP contribution in [-0.2, 0) is 11.2 Å². The summed E-state index contributed by atoms with van der Waals surface area (Å²) in [7, 11) is 1.66. The quantitative estimate of drug-likeness (QED) is 0.356. The Morgan fingerprint density at radius 1 is 0.935 bits per heavy atom. The number of imidazole rings is 1. The number of anilines is 1. The molecule has 5 rings (SSSR count). The predicted molar refractivity (Wildman–Crippen MR) is 123 cm³/mol. The van der Waals surface area contributed by atoms with Crippen molar-refractivity contribution in [1.29, 1.82) is 0 Å². The maximum Gasteiger partial charge on any atom is 0.227 e. The van der Waals surface area contributed by atoms with Gasteiger partial charge in [-0.05, 0) is 60.0 Å². The number of ether oxygens (including phenoxy) is 1. The lowest BCUT2D eigenvalue weighted by atomic mass is 10.0. The first-order valence-electron chi connectivity index (χ1n) is 10.2. The predicted octanol–water partition coefficient (Wildman–Crippen LogP) is 5.29. The summed E-state index contributed by atoms with van der Waals surface area (Å²) in [6.45, 7) is 0. The molecule has 3 aromatic carbocycles. The van der Waals surface area contributed by atoms with Gasteiger partial charge in [-0.15, -0.1) is 0 Å². The smallest absolute Gasteiger partial charge is 0.227 e. The third-order valence-corrected chi connectivity index (χ3v) is 5.44. The van der Waals surface area contributed by atoms with Crippen molar-refractivity contribution in [3.63, 3.8) is 0 Å². The number of carbonyl (C=O) groups excluding carboxylic acids is 1. The largest absolute Gasteiger partial charge is 0.497 e. The number of carbonyl (C=O) groups is 1. The molecule has 6 heteroatoms. The fraction of sp³-hybridized carbons (Fsp3) is 0.120. The molecule has 2 heterocycles. The normalized spacial score (nSPS) is 11.1. The van der Waals surface area contributed by atoms with Crippen LogP contribution in [0.2, 0.25) is 0 Å². The molecule has 154 valence electrons. The lowest BCUT2D eigenvalue weighted by Gasteiger charge is -2.07. The second kappa shape index (κ2) is 7.99. The average molecular weight is 410 g/mol. The van der Waals surface area contributed by atoms with Crippen LogP contribution < -0.4 is 10.1 Å². The standard InChI is InChI=1S/C25H22N4O2/c1-31-17-12-10-16(11-13-17)24-19(18-6-2-3-7-20(18)26-24)14-15-23(30)29-25-27-21-8-4-5-9-22(21)28-25/h2-13,26H,14-15H2,1H3,(H2,27,28,29,30). The molecule has 2 aromatic heterocycles. The highest BCUT2D eigenvalue weighted by atomic mass is 16.5. The first-order valence-corrected chi connectivity index (χ1v) is 10.2. The Morgan fingerprint density at radius 3 is 2.45 bits per heavy atom. The highest BCUT2D eigenvalue weighted by Gasteiger charge is 2.15. The molecule has 0 aliphatic carbocycles. The molecule has 0 atom stereocenters. The van der Waals surface area contributed by atoms with E-state index < -0.39 is 0 Å². The summed E-state index contributed by atoms with van der Waals surface area (Å²) in [5.41, 5.74) is 6.00. The molecule has 31 heavy (non-hydrogen) atoms. The van der Waals surface area contributed by atoms with Gasteiger partial charge in [-0.3, -0.25) is 10.1 Å². The number of nitrogens with zero attached hydrogens (tertiary/aromatic N) is 1. The van der Waals surface area contributed by atoms with Crippen LogP contribution in [0, 0.1) is 0 Å². The fourth-order valence-corrected chi connectivity index (χ4v) is 3.91. The van der Waals surface area contributed by atoms with Crippen molar-refractivity contribution < 1.29 is 9.53 Å². The zero-order chi connectivity index (χ0) is 21.2. The van der Waals surface area contributed by atoms with Gasteiger partial charge in [0.1, 0.15) is 5.75 Å². The van der Waals surface area contributed by atoms with E-state index in [1.165, 1.54) is 0 Å². The zero-order valence-electron chi connectivity index (χ0n) is 17.1. The lowest BCUT2D eigenvalue weighted by molar-refractivity contribution is -0.116. The van der Waals surface area contributed by atoms with Crippen molar-refractivity contribution in [1.82, 2.24) is 15.0 Å². The average Bonchev–Trinajstić information content (AvgIpc) is 3.38. The Labute approximate surface area is 179 Å². The van der Waals surface area contributed by atoms with E-state index in [4.69, 9.17) is 4.74 Å². The summed E-state index contributed by atoms with van der Waals surface area (Å²) in [4.78, 5) is 23.7. The molecule has 6 nitrogen and oxygen atoms in total. The number of amides is 1. The SMILES string of the molecule is COc1ccc(-c2[nH]c3ccccc3c2CCC(=O)Nc2nc3ccccc3[nH]2)cc1. The van der Waals surface area contributed by atoms with Crippen molar-refractivity contribution in [3.05, 3.63) is 78.4 Å². The summed E-state index contributed by atoms with van der Waals surface area (Å²) in [6, 6.07) is 23.8. The summed E-state index contributed by atoms with van der Waals surface area (Å²) >= 11 is 0. The molecule has 0 saturated heterocycles. The molecule has 5 aromatic rings.